The Labute approximate surface area is 290 Å². The molecule has 2 atom stereocenters. The van der Waals surface area contributed by atoms with Crippen LogP contribution in [-0.4, -0.2) is 30.0 Å². The molecule has 256 valence electrons. The normalized spacial score (nSPS) is 15.1. The van der Waals surface area contributed by atoms with Gasteiger partial charge in [-0.05, 0) is 79.8 Å². The molecule has 0 amide bonds. The summed E-state index contributed by atoms with van der Waals surface area (Å²) in [4.78, 5) is 49.0. The van der Waals surface area contributed by atoms with Crippen LogP contribution in [0, 0.1) is 5.92 Å². The Morgan fingerprint density at radius 3 is 1.48 bits per heavy atom. The minimum atomic E-state index is -1.49. The maximum atomic E-state index is 16.3. The Morgan fingerprint density at radius 1 is 0.540 bits per heavy atom. The Kier molecular flexibility index (Phi) is 11.3. The molecule has 0 heterocycles. The Bertz CT molecular complexity index is 1970. The zero-order chi connectivity index (χ0) is 36.9. The van der Waals surface area contributed by atoms with Gasteiger partial charge < -0.3 is 18.9 Å². The summed E-state index contributed by atoms with van der Waals surface area (Å²) >= 11 is 0. The van der Waals surface area contributed by atoms with E-state index in [0.717, 1.165) is 11.1 Å². The SMILES string of the molecule is C=C(C)C(=O)Oc1cc(OC(=O)C(=C)C)cc(-c2ccc(C3=CC=C(c4ccc(OC(=O)C(=C)C)cc4OC(=O)C(=C)C)C(F)C3C)cc2)c1. The summed E-state index contributed by atoms with van der Waals surface area (Å²) in [5.41, 5.74) is 4.09. The van der Waals surface area contributed by atoms with Gasteiger partial charge >= 0.3 is 23.9 Å². The summed E-state index contributed by atoms with van der Waals surface area (Å²) in [6, 6.07) is 16.4. The van der Waals surface area contributed by atoms with Gasteiger partial charge in [0.15, 0.2) is 0 Å². The van der Waals surface area contributed by atoms with Crippen molar-refractivity contribution in [1.82, 2.24) is 0 Å². The summed E-state index contributed by atoms with van der Waals surface area (Å²) in [6.07, 6.45) is 1.94. The highest BCUT2D eigenvalue weighted by Crippen LogP contribution is 2.42. The minimum absolute atomic E-state index is 0.0109. The number of halogens is 1. The lowest BCUT2D eigenvalue weighted by Gasteiger charge is -2.27. The number of benzene rings is 3. The van der Waals surface area contributed by atoms with E-state index >= 15 is 4.39 Å². The van der Waals surface area contributed by atoms with E-state index in [2.05, 4.69) is 26.3 Å². The number of allylic oxidation sites excluding steroid dienone is 4. The fraction of sp³-hybridized carbons (Fsp3) is 0.171. The van der Waals surface area contributed by atoms with Crippen LogP contribution >= 0.6 is 0 Å². The molecule has 0 spiro atoms. The lowest BCUT2D eigenvalue weighted by Crippen LogP contribution is -2.20. The minimum Gasteiger partial charge on any atom is -0.423 e. The van der Waals surface area contributed by atoms with Gasteiger partial charge in [-0.1, -0.05) is 69.7 Å². The smallest absolute Gasteiger partial charge is 0.338 e. The van der Waals surface area contributed by atoms with Crippen LogP contribution in [0.15, 0.2) is 121 Å². The van der Waals surface area contributed by atoms with Crippen LogP contribution in [0.1, 0.15) is 45.7 Å². The fourth-order valence-corrected chi connectivity index (χ4v) is 4.82. The molecule has 3 aromatic rings. The zero-order valence-corrected chi connectivity index (χ0v) is 28.6. The molecule has 9 heteroatoms. The first kappa shape index (κ1) is 36.7. The molecule has 4 rings (SSSR count). The van der Waals surface area contributed by atoms with Crippen molar-refractivity contribution >= 4 is 35.0 Å². The molecule has 0 N–H and O–H groups in total. The maximum absolute atomic E-state index is 16.3. The van der Waals surface area contributed by atoms with Gasteiger partial charge in [0.05, 0.1) is 0 Å². The van der Waals surface area contributed by atoms with Crippen molar-refractivity contribution in [3.63, 3.8) is 0 Å². The highest BCUT2D eigenvalue weighted by molar-refractivity contribution is 5.93. The van der Waals surface area contributed by atoms with Crippen molar-refractivity contribution in [2.45, 2.75) is 40.8 Å². The molecule has 8 nitrogen and oxygen atoms in total. The number of hydrogen-bond acceptors (Lipinski definition) is 8. The van der Waals surface area contributed by atoms with E-state index in [9.17, 15) is 19.2 Å². The summed E-state index contributed by atoms with van der Waals surface area (Å²) < 4.78 is 37.9. The molecule has 0 saturated heterocycles. The van der Waals surface area contributed by atoms with E-state index in [4.69, 9.17) is 18.9 Å². The topological polar surface area (TPSA) is 105 Å². The molecule has 1 aliphatic carbocycles. The van der Waals surface area contributed by atoms with Crippen LogP contribution in [-0.2, 0) is 19.2 Å². The van der Waals surface area contributed by atoms with E-state index in [1.807, 2.05) is 24.3 Å². The molecule has 0 aliphatic heterocycles. The van der Waals surface area contributed by atoms with E-state index in [1.54, 1.807) is 31.2 Å². The Hall–Kier alpha value is -6.09. The van der Waals surface area contributed by atoms with Crippen LogP contribution in [0.5, 0.6) is 23.0 Å². The Balaban J connectivity index is 1.69. The highest BCUT2D eigenvalue weighted by atomic mass is 19.1. The predicted molar refractivity (Wildman–Crippen MR) is 190 cm³/mol. The summed E-state index contributed by atoms with van der Waals surface area (Å²) in [5.74, 6) is -2.83. The monoisotopic (exact) mass is 676 g/mol. The van der Waals surface area contributed by atoms with Gasteiger partial charge in [-0.15, -0.1) is 0 Å². The van der Waals surface area contributed by atoms with E-state index in [-0.39, 0.29) is 50.9 Å². The average molecular weight is 677 g/mol. The van der Waals surface area contributed by atoms with Crippen molar-refractivity contribution in [3.05, 3.63) is 133 Å². The quantitative estimate of drug-likeness (QED) is 0.113. The highest BCUT2D eigenvalue weighted by Gasteiger charge is 2.31. The average Bonchev–Trinajstić information content (AvgIpc) is 3.06. The third-order valence-electron chi connectivity index (χ3n) is 7.59. The van der Waals surface area contributed by atoms with E-state index in [0.29, 0.717) is 16.7 Å². The van der Waals surface area contributed by atoms with Crippen LogP contribution in [0.2, 0.25) is 0 Å². The predicted octanol–water partition coefficient (Wildman–Crippen LogP) is 8.73. The lowest BCUT2D eigenvalue weighted by atomic mass is 9.80. The molecule has 50 heavy (non-hydrogen) atoms. The zero-order valence-electron chi connectivity index (χ0n) is 28.6. The molecule has 1 aliphatic rings. The molecule has 0 aromatic heterocycles. The molecule has 2 unspecified atom stereocenters. The number of carbonyl (C=O) groups excluding carboxylic acids is 4. The number of hydrogen-bond donors (Lipinski definition) is 0. The molecular weight excluding hydrogens is 639 g/mol. The van der Waals surface area contributed by atoms with Crippen molar-refractivity contribution in [1.29, 1.82) is 0 Å². The van der Waals surface area contributed by atoms with Gasteiger partial charge in [0.25, 0.3) is 0 Å². The van der Waals surface area contributed by atoms with Crippen LogP contribution < -0.4 is 18.9 Å². The molecule has 0 saturated carbocycles. The van der Waals surface area contributed by atoms with Crippen molar-refractivity contribution < 1.29 is 42.5 Å². The Morgan fingerprint density at radius 2 is 0.980 bits per heavy atom. The second kappa shape index (κ2) is 15.4. The number of rotatable bonds is 11. The van der Waals surface area contributed by atoms with Gasteiger partial charge in [0.2, 0.25) is 0 Å². The largest absolute Gasteiger partial charge is 0.423 e. The van der Waals surface area contributed by atoms with E-state index in [1.165, 1.54) is 52.0 Å². The summed E-state index contributed by atoms with van der Waals surface area (Å²) in [5, 5.41) is 0. The fourth-order valence-electron chi connectivity index (χ4n) is 4.82. The molecule has 0 fully saturated rings. The first-order valence-corrected chi connectivity index (χ1v) is 15.5. The standard InChI is InChI=1S/C41H37FO8/c1-22(2)38(43)47-30-14-15-34(36(21-30)50-41(46)25(7)8)35-17-16-33(26(9)37(35)42)28-12-10-27(11-13-28)29-18-31(48-39(44)23(3)4)20-32(19-29)49-40(45)24(5)6/h10-21,26,37H,1,3,5,7H2,2,4,6,8-9H3. The second-order valence-corrected chi connectivity index (χ2v) is 12.0. The van der Waals surface area contributed by atoms with Gasteiger partial charge in [-0.25, -0.2) is 23.6 Å². The maximum Gasteiger partial charge on any atom is 0.338 e. The van der Waals surface area contributed by atoms with Gasteiger partial charge in [-0.3, -0.25) is 0 Å². The van der Waals surface area contributed by atoms with Gasteiger partial charge in [-0.2, -0.15) is 0 Å². The van der Waals surface area contributed by atoms with Crippen LogP contribution in [0.25, 0.3) is 22.3 Å². The number of alkyl halides is 1. The van der Waals surface area contributed by atoms with E-state index < -0.39 is 36.0 Å². The van der Waals surface area contributed by atoms with Crippen molar-refractivity contribution in [2.75, 3.05) is 0 Å². The molecule has 0 radical (unpaired) electrons. The number of ether oxygens (including phenoxy) is 4. The van der Waals surface area contributed by atoms with Crippen LogP contribution in [0.3, 0.4) is 0 Å². The summed E-state index contributed by atoms with van der Waals surface area (Å²) in [6.45, 7) is 22.2. The summed E-state index contributed by atoms with van der Waals surface area (Å²) in [7, 11) is 0. The third kappa shape index (κ3) is 8.68. The first-order chi connectivity index (χ1) is 23.5. The number of carbonyl (C=O) groups is 4. The van der Waals surface area contributed by atoms with Crippen molar-refractivity contribution in [3.8, 4) is 34.1 Å². The first-order valence-electron chi connectivity index (χ1n) is 15.5. The second-order valence-electron chi connectivity index (χ2n) is 12.0. The molecule has 0 bridgehead atoms. The van der Waals surface area contributed by atoms with Gasteiger partial charge in [0, 0.05) is 45.9 Å². The molecular formula is C41H37FO8. The lowest BCUT2D eigenvalue weighted by molar-refractivity contribution is -0.131. The molecule has 3 aromatic carbocycles. The van der Waals surface area contributed by atoms with Gasteiger partial charge in [0.1, 0.15) is 29.2 Å². The third-order valence-corrected chi connectivity index (χ3v) is 7.59. The van der Waals surface area contributed by atoms with Crippen LogP contribution in [0.4, 0.5) is 4.39 Å². The number of esters is 4. The van der Waals surface area contributed by atoms with Crippen molar-refractivity contribution in [2.24, 2.45) is 5.92 Å².